The maximum absolute atomic E-state index is 2.42. The smallest absolute Gasteiger partial charge is 0.0854 e. The van der Waals surface area contributed by atoms with Crippen molar-refractivity contribution in [3.63, 3.8) is 0 Å². The van der Waals surface area contributed by atoms with Crippen LogP contribution in [0.5, 0.6) is 0 Å². The molecule has 0 bridgehead atoms. The van der Waals surface area contributed by atoms with Gasteiger partial charge in [-0.3, -0.25) is 0 Å². The van der Waals surface area contributed by atoms with Crippen molar-refractivity contribution >= 4 is 6.71 Å². The maximum Gasteiger partial charge on any atom is 0.146 e. The van der Waals surface area contributed by atoms with Gasteiger partial charge in [-0.2, -0.15) is 0 Å². The molecule has 0 spiro atoms. The zero-order valence-electron chi connectivity index (χ0n) is 8.15. The van der Waals surface area contributed by atoms with Gasteiger partial charge in [-0.05, 0) is 5.41 Å². The Balaban J connectivity index is 2.75. The summed E-state index contributed by atoms with van der Waals surface area (Å²) in [6, 6.07) is 0. The summed E-state index contributed by atoms with van der Waals surface area (Å²) in [4.78, 5) is 0. The number of hydrogen-bond donors (Lipinski definition) is 0. The highest BCUT2D eigenvalue weighted by Gasteiger charge is 2.63. The lowest BCUT2D eigenvalue weighted by molar-refractivity contribution is 0.319. The summed E-state index contributed by atoms with van der Waals surface area (Å²) in [5, 5.41) is 0.604. The van der Waals surface area contributed by atoms with Crippen LogP contribution in [0.3, 0.4) is 0 Å². The van der Waals surface area contributed by atoms with Gasteiger partial charge in [0.2, 0.25) is 0 Å². The molecular weight excluding hydrogens is 119 g/mol. The first-order chi connectivity index (χ1) is 4.32. The monoisotopic (exact) mass is 138 g/mol. The molecule has 0 radical (unpaired) electrons. The Bertz CT molecular complexity index is 135. The van der Waals surface area contributed by atoms with Gasteiger partial charge >= 0.3 is 0 Å². The fraction of sp³-hybridized carbons (Fsp3) is 1.00. The molecule has 2 unspecified atom stereocenters. The van der Waals surface area contributed by atoms with Crippen LogP contribution in [0.2, 0.25) is 18.0 Å². The summed E-state index contributed by atoms with van der Waals surface area (Å²) in [5.41, 5.74) is 0.492. The van der Waals surface area contributed by atoms with Crippen LogP contribution in [0.25, 0.3) is 0 Å². The highest BCUT2D eigenvalue weighted by molar-refractivity contribution is 6.75. The lowest BCUT2D eigenvalue weighted by Crippen LogP contribution is -2.16. The number of hydrogen-bond acceptors (Lipinski definition) is 0. The predicted octanol–water partition coefficient (Wildman–Crippen LogP) is 3.32. The first kappa shape index (κ1) is 8.16. The van der Waals surface area contributed by atoms with Gasteiger partial charge in [0.1, 0.15) is 6.71 Å². The second-order valence-corrected chi connectivity index (χ2v) is 5.11. The van der Waals surface area contributed by atoms with Gasteiger partial charge < -0.3 is 0 Å². The highest BCUT2D eigenvalue weighted by Crippen LogP contribution is 2.71. The molecule has 1 heterocycles. The van der Waals surface area contributed by atoms with E-state index in [-0.39, 0.29) is 0 Å². The van der Waals surface area contributed by atoms with E-state index < -0.39 is 0 Å². The second-order valence-electron chi connectivity index (χ2n) is 5.11. The molecule has 0 nitrogen and oxygen atoms in total. The molecule has 0 N–H and O–H groups in total. The van der Waals surface area contributed by atoms with Crippen LogP contribution in [0, 0.1) is 5.41 Å². The zero-order chi connectivity index (χ0) is 8.15. The molecule has 1 fully saturated rings. The highest BCUT2D eigenvalue weighted by atomic mass is 14.5. The molecule has 10 heavy (non-hydrogen) atoms. The molecule has 0 aromatic heterocycles. The van der Waals surface area contributed by atoms with E-state index in [0.717, 1.165) is 12.5 Å². The minimum Gasteiger partial charge on any atom is -0.0854 e. The summed E-state index contributed by atoms with van der Waals surface area (Å²) in [6.45, 7) is 15.1. The van der Waals surface area contributed by atoms with Crippen LogP contribution in [0.1, 0.15) is 34.6 Å². The van der Waals surface area contributed by atoms with Crippen LogP contribution in [-0.2, 0) is 0 Å². The lowest BCUT2D eigenvalue weighted by atomic mass is 9.56. The van der Waals surface area contributed by atoms with E-state index in [2.05, 4.69) is 41.4 Å². The van der Waals surface area contributed by atoms with Gasteiger partial charge in [-0.1, -0.05) is 52.6 Å². The van der Waals surface area contributed by atoms with E-state index in [1.165, 1.54) is 0 Å². The van der Waals surface area contributed by atoms with Crippen LogP contribution in [-0.4, -0.2) is 6.71 Å². The largest absolute Gasteiger partial charge is 0.146 e. The van der Waals surface area contributed by atoms with Crippen molar-refractivity contribution < 1.29 is 0 Å². The molecule has 0 aromatic carbocycles. The normalized spacial score (nSPS) is 40.2. The van der Waals surface area contributed by atoms with Crippen molar-refractivity contribution in [1.29, 1.82) is 0 Å². The summed E-state index contributed by atoms with van der Waals surface area (Å²) in [7, 11) is 0. The molecule has 2 atom stereocenters. The fourth-order valence-corrected chi connectivity index (χ4v) is 2.35. The maximum atomic E-state index is 2.42. The molecule has 1 aliphatic heterocycles. The molecule has 0 amide bonds. The minimum atomic E-state index is 0.492. The molecule has 1 saturated heterocycles. The Morgan fingerprint density at radius 1 is 1.30 bits per heavy atom. The van der Waals surface area contributed by atoms with Crippen molar-refractivity contribution in [2.24, 2.45) is 5.41 Å². The van der Waals surface area contributed by atoms with Crippen LogP contribution < -0.4 is 0 Å². The van der Waals surface area contributed by atoms with Crippen molar-refractivity contribution in [1.82, 2.24) is 0 Å². The molecule has 0 saturated carbocycles. The average Bonchev–Trinajstić information content (AvgIpc) is 2.19. The molecule has 1 heteroatoms. The first-order valence-electron chi connectivity index (χ1n) is 4.32. The van der Waals surface area contributed by atoms with Crippen LogP contribution >= 0.6 is 0 Å². The van der Waals surface area contributed by atoms with E-state index in [4.69, 9.17) is 0 Å². The third-order valence-corrected chi connectivity index (χ3v) is 4.15. The molecule has 1 rings (SSSR count). The Kier molecular flexibility index (Phi) is 1.48. The van der Waals surface area contributed by atoms with Gasteiger partial charge in [-0.25, -0.2) is 0 Å². The quantitative estimate of drug-likeness (QED) is 0.450. The molecular formula is C9H19B. The standard InChI is InChI=1S/C9H19B/c1-7-9(5,10(7)6)8(2,3)4/h7H,1-6H3. The Hall–Kier alpha value is 0.0649. The van der Waals surface area contributed by atoms with Crippen molar-refractivity contribution in [2.45, 2.75) is 52.6 Å². The minimum absolute atomic E-state index is 0.492. The summed E-state index contributed by atoms with van der Waals surface area (Å²) in [6.07, 6.45) is 0. The molecule has 1 aliphatic rings. The summed E-state index contributed by atoms with van der Waals surface area (Å²) in [5.74, 6) is 0.924. The van der Waals surface area contributed by atoms with E-state index in [1.54, 1.807) is 0 Å². The predicted molar refractivity (Wildman–Crippen MR) is 48.9 cm³/mol. The van der Waals surface area contributed by atoms with Crippen molar-refractivity contribution in [3.05, 3.63) is 0 Å². The Morgan fingerprint density at radius 2 is 1.60 bits per heavy atom. The Morgan fingerprint density at radius 3 is 1.60 bits per heavy atom. The van der Waals surface area contributed by atoms with E-state index in [1.807, 2.05) is 0 Å². The molecule has 0 aliphatic carbocycles. The van der Waals surface area contributed by atoms with Gasteiger partial charge in [0.15, 0.2) is 0 Å². The van der Waals surface area contributed by atoms with Crippen molar-refractivity contribution in [3.8, 4) is 0 Å². The molecule has 58 valence electrons. The topological polar surface area (TPSA) is 0 Å². The van der Waals surface area contributed by atoms with Crippen molar-refractivity contribution in [2.75, 3.05) is 0 Å². The van der Waals surface area contributed by atoms with E-state index >= 15 is 0 Å². The zero-order valence-corrected chi connectivity index (χ0v) is 8.15. The van der Waals surface area contributed by atoms with Crippen LogP contribution in [0.4, 0.5) is 0 Å². The van der Waals surface area contributed by atoms with Crippen LogP contribution in [0.15, 0.2) is 0 Å². The average molecular weight is 138 g/mol. The third kappa shape index (κ3) is 0.757. The SMILES string of the molecule is CB1C(C)C1(C)C(C)(C)C. The second kappa shape index (κ2) is 1.81. The van der Waals surface area contributed by atoms with E-state index in [0.29, 0.717) is 10.7 Å². The fourth-order valence-electron chi connectivity index (χ4n) is 2.35. The summed E-state index contributed by atoms with van der Waals surface area (Å²) < 4.78 is 0. The molecule has 0 aromatic rings. The third-order valence-electron chi connectivity index (χ3n) is 4.15. The number of rotatable bonds is 0. The van der Waals surface area contributed by atoms with Gasteiger partial charge in [0.05, 0.1) is 0 Å². The van der Waals surface area contributed by atoms with E-state index in [9.17, 15) is 0 Å². The van der Waals surface area contributed by atoms with Gasteiger partial charge in [0, 0.05) is 0 Å². The van der Waals surface area contributed by atoms with Gasteiger partial charge in [-0.15, -0.1) is 0 Å². The summed E-state index contributed by atoms with van der Waals surface area (Å²) >= 11 is 0. The first-order valence-corrected chi connectivity index (χ1v) is 4.32. The van der Waals surface area contributed by atoms with Gasteiger partial charge in [0.25, 0.3) is 0 Å². The lowest BCUT2D eigenvalue weighted by Gasteiger charge is -2.29. The Labute approximate surface area is 65.5 Å².